The van der Waals surface area contributed by atoms with Crippen molar-refractivity contribution in [1.82, 2.24) is 0 Å². The van der Waals surface area contributed by atoms with Gasteiger partial charge in [0.1, 0.15) is 5.75 Å². The second-order valence-electron chi connectivity index (χ2n) is 8.17. The van der Waals surface area contributed by atoms with Gasteiger partial charge in [-0.3, -0.25) is 14.5 Å². The lowest BCUT2D eigenvalue weighted by atomic mass is 9.85. The molecule has 1 aliphatic heterocycles. The van der Waals surface area contributed by atoms with Crippen molar-refractivity contribution < 1.29 is 19.1 Å². The number of anilines is 1. The number of esters is 1. The minimum Gasteiger partial charge on any atom is -0.422 e. The van der Waals surface area contributed by atoms with Gasteiger partial charge in [0.25, 0.3) is 0 Å². The average Bonchev–Trinajstić information content (AvgIpc) is 3.39. The Bertz CT molecular complexity index is 1020. The second-order valence-corrected chi connectivity index (χ2v) is 8.17. The van der Waals surface area contributed by atoms with Crippen LogP contribution >= 0.6 is 0 Å². The van der Waals surface area contributed by atoms with Crippen LogP contribution in [0.4, 0.5) is 5.69 Å². The molecule has 5 rings (SSSR count). The van der Waals surface area contributed by atoms with Crippen LogP contribution in [0.5, 0.6) is 5.75 Å². The van der Waals surface area contributed by atoms with Crippen molar-refractivity contribution in [3.63, 3.8) is 0 Å². The minimum atomic E-state index is -0.466. The van der Waals surface area contributed by atoms with Gasteiger partial charge in [-0.1, -0.05) is 30.4 Å². The maximum atomic E-state index is 12.9. The Morgan fingerprint density at radius 1 is 0.897 bits per heavy atom. The van der Waals surface area contributed by atoms with E-state index in [9.17, 15) is 14.4 Å². The standard InChI is InChI=1S/C24H21NO4/c1-13-4-3-5-14(2)21(13)29-24(28)15-8-10-18(11-9-15)25-22(26)19-16-6-7-17(12-16)20(19)23(25)27/h3-11,16-17,19-20H,12H2,1-2H3/t16-,17+,19-,20+. The van der Waals surface area contributed by atoms with Gasteiger partial charge in [0, 0.05) is 0 Å². The van der Waals surface area contributed by atoms with Crippen molar-refractivity contribution >= 4 is 23.5 Å². The van der Waals surface area contributed by atoms with Gasteiger partial charge < -0.3 is 4.74 Å². The molecule has 1 saturated heterocycles. The van der Waals surface area contributed by atoms with E-state index in [2.05, 4.69) is 12.2 Å². The molecule has 2 aliphatic carbocycles. The van der Waals surface area contributed by atoms with E-state index in [1.807, 2.05) is 32.0 Å². The van der Waals surface area contributed by atoms with Crippen LogP contribution in [-0.4, -0.2) is 17.8 Å². The quantitative estimate of drug-likeness (QED) is 0.347. The maximum Gasteiger partial charge on any atom is 0.343 e. The molecule has 1 saturated carbocycles. The van der Waals surface area contributed by atoms with E-state index in [1.165, 1.54) is 4.90 Å². The highest BCUT2D eigenvalue weighted by Gasteiger charge is 2.59. The predicted octanol–water partition coefficient (Wildman–Crippen LogP) is 3.83. The summed E-state index contributed by atoms with van der Waals surface area (Å²) < 4.78 is 5.57. The zero-order valence-electron chi connectivity index (χ0n) is 16.3. The molecule has 3 aliphatic rings. The molecule has 29 heavy (non-hydrogen) atoms. The van der Waals surface area contributed by atoms with Crippen molar-refractivity contribution in [3.8, 4) is 5.75 Å². The van der Waals surface area contributed by atoms with Gasteiger partial charge in [-0.05, 0) is 67.5 Å². The largest absolute Gasteiger partial charge is 0.422 e. The second kappa shape index (κ2) is 6.41. The van der Waals surface area contributed by atoms with Crippen molar-refractivity contribution in [2.24, 2.45) is 23.7 Å². The zero-order chi connectivity index (χ0) is 20.3. The molecule has 2 amide bonds. The van der Waals surface area contributed by atoms with E-state index in [0.29, 0.717) is 17.0 Å². The van der Waals surface area contributed by atoms with Crippen molar-refractivity contribution in [2.75, 3.05) is 4.90 Å². The third-order valence-corrected chi connectivity index (χ3v) is 6.44. The number of imide groups is 1. The number of hydrogen-bond acceptors (Lipinski definition) is 4. The number of rotatable bonds is 3. The van der Waals surface area contributed by atoms with Crippen molar-refractivity contribution in [1.29, 1.82) is 0 Å². The summed E-state index contributed by atoms with van der Waals surface area (Å²) in [6.07, 6.45) is 5.06. The first kappa shape index (κ1) is 17.9. The molecule has 2 bridgehead atoms. The van der Waals surface area contributed by atoms with E-state index in [4.69, 9.17) is 4.74 Å². The number of carbonyl (C=O) groups excluding carboxylic acids is 3. The van der Waals surface area contributed by atoms with E-state index in [-0.39, 0.29) is 35.5 Å². The molecule has 0 N–H and O–H groups in total. The SMILES string of the molecule is Cc1cccc(C)c1OC(=O)c1ccc(N2C(=O)[C@@H]3[C@H](C2=O)[C@@H]2C=C[C@H]3C2)cc1. The highest BCUT2D eigenvalue weighted by molar-refractivity contribution is 6.22. The molecule has 146 valence electrons. The molecule has 5 heteroatoms. The molecule has 2 aromatic rings. The number of fused-ring (bicyclic) bond motifs is 5. The first-order chi connectivity index (χ1) is 14.0. The van der Waals surface area contributed by atoms with Crippen LogP contribution in [0.2, 0.25) is 0 Å². The fourth-order valence-corrected chi connectivity index (χ4v) is 5.02. The van der Waals surface area contributed by atoms with Gasteiger partial charge in [0.2, 0.25) is 11.8 Å². The molecule has 0 spiro atoms. The molecular formula is C24H21NO4. The summed E-state index contributed by atoms with van der Waals surface area (Å²) in [6.45, 7) is 3.78. The summed E-state index contributed by atoms with van der Waals surface area (Å²) in [4.78, 5) is 39.7. The lowest BCUT2D eigenvalue weighted by molar-refractivity contribution is -0.123. The zero-order valence-corrected chi connectivity index (χ0v) is 16.3. The smallest absolute Gasteiger partial charge is 0.343 e. The van der Waals surface area contributed by atoms with Gasteiger partial charge in [0.05, 0.1) is 23.1 Å². The van der Waals surface area contributed by atoms with Crippen LogP contribution in [0, 0.1) is 37.5 Å². The Morgan fingerprint density at radius 3 is 2.00 bits per heavy atom. The monoisotopic (exact) mass is 387 g/mol. The van der Waals surface area contributed by atoms with E-state index < -0.39 is 5.97 Å². The number of nitrogens with zero attached hydrogens (tertiary/aromatic N) is 1. The summed E-state index contributed by atoms with van der Waals surface area (Å²) in [5.74, 6) is -0.256. The van der Waals surface area contributed by atoms with Gasteiger partial charge in [-0.15, -0.1) is 0 Å². The van der Waals surface area contributed by atoms with E-state index in [1.54, 1.807) is 24.3 Å². The summed E-state index contributed by atoms with van der Waals surface area (Å²) in [6, 6.07) is 12.2. The first-order valence-corrected chi connectivity index (χ1v) is 9.90. The molecule has 1 heterocycles. The summed E-state index contributed by atoms with van der Waals surface area (Å²) in [7, 11) is 0. The third-order valence-electron chi connectivity index (χ3n) is 6.44. The topological polar surface area (TPSA) is 63.7 Å². The fraction of sp³-hybridized carbons (Fsp3) is 0.292. The highest BCUT2D eigenvalue weighted by Crippen LogP contribution is 2.53. The predicted molar refractivity (Wildman–Crippen MR) is 108 cm³/mol. The summed E-state index contributed by atoms with van der Waals surface area (Å²) >= 11 is 0. The molecule has 4 atom stereocenters. The van der Waals surface area contributed by atoms with Gasteiger partial charge in [-0.25, -0.2) is 4.79 Å². The molecule has 5 nitrogen and oxygen atoms in total. The molecule has 2 aromatic carbocycles. The Morgan fingerprint density at radius 2 is 1.45 bits per heavy atom. The minimum absolute atomic E-state index is 0.122. The molecule has 0 radical (unpaired) electrons. The van der Waals surface area contributed by atoms with Crippen LogP contribution < -0.4 is 9.64 Å². The van der Waals surface area contributed by atoms with Gasteiger partial charge in [0.15, 0.2) is 0 Å². The molecule has 0 aromatic heterocycles. The molecule has 0 unspecified atom stereocenters. The first-order valence-electron chi connectivity index (χ1n) is 9.90. The fourth-order valence-electron chi connectivity index (χ4n) is 5.02. The average molecular weight is 387 g/mol. The Kier molecular flexibility index (Phi) is 3.95. The van der Waals surface area contributed by atoms with E-state index in [0.717, 1.165) is 17.5 Å². The normalized spacial score (nSPS) is 26.9. The third kappa shape index (κ3) is 2.64. The molecule has 2 fully saturated rings. The number of carbonyl (C=O) groups is 3. The van der Waals surface area contributed by atoms with Crippen LogP contribution in [0.3, 0.4) is 0 Å². The maximum absolute atomic E-state index is 12.9. The van der Waals surface area contributed by atoms with Crippen molar-refractivity contribution in [2.45, 2.75) is 20.3 Å². The number of benzene rings is 2. The number of amides is 2. The number of hydrogen-bond donors (Lipinski definition) is 0. The number of para-hydroxylation sites is 1. The number of aryl methyl sites for hydroxylation is 2. The van der Waals surface area contributed by atoms with Crippen LogP contribution in [0.15, 0.2) is 54.6 Å². The lowest BCUT2D eigenvalue weighted by Crippen LogP contribution is -2.32. The van der Waals surface area contributed by atoms with Crippen LogP contribution in [0.25, 0.3) is 0 Å². The highest BCUT2D eigenvalue weighted by atomic mass is 16.5. The molecular weight excluding hydrogens is 366 g/mol. The summed E-state index contributed by atoms with van der Waals surface area (Å²) in [5.41, 5.74) is 2.66. The van der Waals surface area contributed by atoms with Crippen LogP contribution in [0.1, 0.15) is 27.9 Å². The van der Waals surface area contributed by atoms with Gasteiger partial charge >= 0.3 is 5.97 Å². The Balaban J connectivity index is 1.36. The Hall–Kier alpha value is -3.21. The van der Waals surface area contributed by atoms with E-state index >= 15 is 0 Å². The van der Waals surface area contributed by atoms with Gasteiger partial charge in [-0.2, -0.15) is 0 Å². The number of allylic oxidation sites excluding steroid dienone is 2. The Labute approximate surface area is 169 Å². The van der Waals surface area contributed by atoms with Crippen LogP contribution in [-0.2, 0) is 9.59 Å². The number of ether oxygens (including phenoxy) is 1. The lowest BCUT2D eigenvalue weighted by Gasteiger charge is -2.17. The summed E-state index contributed by atoms with van der Waals surface area (Å²) in [5, 5.41) is 0. The van der Waals surface area contributed by atoms with Crippen molar-refractivity contribution in [3.05, 3.63) is 71.3 Å².